The van der Waals surface area contributed by atoms with E-state index in [9.17, 15) is 4.79 Å². The molecule has 1 N–H and O–H groups in total. The van der Waals surface area contributed by atoms with Gasteiger partial charge in [-0.05, 0) is 11.5 Å². The molecular weight excluding hydrogens is 343 g/mol. The molecule has 0 atom stereocenters. The number of amides is 1. The van der Waals surface area contributed by atoms with Crippen LogP contribution in [0.3, 0.4) is 0 Å². The van der Waals surface area contributed by atoms with Crippen molar-refractivity contribution in [2.75, 3.05) is 5.32 Å². The average Bonchev–Trinajstić information content (AvgIpc) is 2.53. The number of hydrogen-bond donors (Lipinski definition) is 1. The summed E-state index contributed by atoms with van der Waals surface area (Å²) in [6.07, 6.45) is 1.30. The summed E-state index contributed by atoms with van der Waals surface area (Å²) in [6, 6.07) is 13.4. The fourth-order valence-corrected chi connectivity index (χ4v) is 2.68. The number of halogens is 3. The van der Waals surface area contributed by atoms with Crippen LogP contribution in [0.4, 0.5) is 5.69 Å². The molecule has 0 saturated carbocycles. The molecule has 6 heteroatoms. The lowest BCUT2D eigenvalue weighted by molar-refractivity contribution is 0.102. The second kappa shape index (κ2) is 6.13. The van der Waals surface area contributed by atoms with Crippen molar-refractivity contribution < 1.29 is 4.79 Å². The SMILES string of the molecule is O=C(Nc1cccc2ccccc12)c1ncc(Cl)c(Cl)c1Cl. The van der Waals surface area contributed by atoms with E-state index in [0.717, 1.165) is 10.8 Å². The Bertz CT molecular complexity index is 875. The van der Waals surface area contributed by atoms with E-state index < -0.39 is 5.91 Å². The van der Waals surface area contributed by atoms with Crippen LogP contribution in [0.25, 0.3) is 10.8 Å². The third-order valence-electron chi connectivity index (χ3n) is 3.17. The van der Waals surface area contributed by atoms with Gasteiger partial charge in [0.1, 0.15) is 5.69 Å². The van der Waals surface area contributed by atoms with E-state index in [2.05, 4.69) is 10.3 Å². The molecule has 0 bridgehead atoms. The Morgan fingerprint density at radius 3 is 2.50 bits per heavy atom. The number of carbonyl (C=O) groups excluding carboxylic acids is 1. The summed E-state index contributed by atoms with van der Waals surface area (Å²) in [5.74, 6) is -0.445. The zero-order valence-corrected chi connectivity index (χ0v) is 13.4. The van der Waals surface area contributed by atoms with E-state index >= 15 is 0 Å². The third kappa shape index (κ3) is 2.75. The van der Waals surface area contributed by atoms with Gasteiger partial charge in [0.15, 0.2) is 0 Å². The fraction of sp³-hybridized carbons (Fsp3) is 0. The molecule has 0 radical (unpaired) electrons. The largest absolute Gasteiger partial charge is 0.320 e. The number of nitrogens with zero attached hydrogens (tertiary/aromatic N) is 1. The molecule has 1 aromatic heterocycles. The molecule has 3 nitrogen and oxygen atoms in total. The number of benzene rings is 2. The summed E-state index contributed by atoms with van der Waals surface area (Å²) in [4.78, 5) is 16.3. The molecule has 0 aliphatic carbocycles. The summed E-state index contributed by atoms with van der Waals surface area (Å²) < 4.78 is 0. The van der Waals surface area contributed by atoms with E-state index in [4.69, 9.17) is 34.8 Å². The van der Waals surface area contributed by atoms with Crippen molar-refractivity contribution >= 4 is 57.2 Å². The second-order valence-corrected chi connectivity index (χ2v) is 5.73. The van der Waals surface area contributed by atoms with Gasteiger partial charge in [0.05, 0.1) is 15.1 Å². The van der Waals surface area contributed by atoms with Crippen LogP contribution < -0.4 is 5.32 Å². The van der Waals surface area contributed by atoms with Crippen molar-refractivity contribution in [1.29, 1.82) is 0 Å². The summed E-state index contributed by atoms with van der Waals surface area (Å²) in [7, 11) is 0. The highest BCUT2D eigenvalue weighted by Crippen LogP contribution is 2.32. The van der Waals surface area contributed by atoms with Crippen LogP contribution in [-0.2, 0) is 0 Å². The summed E-state index contributed by atoms with van der Waals surface area (Å²) in [5, 5.41) is 5.10. The first kappa shape index (κ1) is 15.1. The molecule has 0 saturated heterocycles. The molecule has 0 fully saturated rings. The third-order valence-corrected chi connectivity index (χ3v) is 4.41. The molecule has 110 valence electrons. The van der Waals surface area contributed by atoms with Gasteiger partial charge < -0.3 is 5.32 Å². The molecule has 22 heavy (non-hydrogen) atoms. The minimum Gasteiger partial charge on any atom is -0.320 e. The Morgan fingerprint density at radius 2 is 1.68 bits per heavy atom. The first-order valence-electron chi connectivity index (χ1n) is 6.36. The average molecular weight is 352 g/mol. The van der Waals surface area contributed by atoms with Crippen LogP contribution in [0.15, 0.2) is 48.7 Å². The van der Waals surface area contributed by atoms with Crippen LogP contribution in [0, 0.1) is 0 Å². The summed E-state index contributed by atoms with van der Waals surface area (Å²) in [6.45, 7) is 0. The van der Waals surface area contributed by atoms with E-state index in [1.165, 1.54) is 6.20 Å². The van der Waals surface area contributed by atoms with Crippen molar-refractivity contribution in [2.24, 2.45) is 0 Å². The highest BCUT2D eigenvalue weighted by molar-refractivity contribution is 6.49. The van der Waals surface area contributed by atoms with Crippen molar-refractivity contribution in [2.45, 2.75) is 0 Å². The minimum absolute atomic E-state index is 0.0315. The first-order chi connectivity index (χ1) is 10.6. The number of nitrogens with one attached hydrogen (secondary N) is 1. The smallest absolute Gasteiger partial charge is 0.275 e. The van der Waals surface area contributed by atoms with Gasteiger partial charge >= 0.3 is 0 Å². The molecule has 1 amide bonds. The molecule has 3 rings (SSSR count). The highest BCUT2D eigenvalue weighted by Gasteiger charge is 2.17. The number of anilines is 1. The maximum Gasteiger partial charge on any atom is 0.275 e. The topological polar surface area (TPSA) is 42.0 Å². The fourth-order valence-electron chi connectivity index (χ4n) is 2.12. The molecular formula is C16H9Cl3N2O. The van der Waals surface area contributed by atoms with Crippen LogP contribution >= 0.6 is 34.8 Å². The number of rotatable bonds is 2. The zero-order chi connectivity index (χ0) is 15.7. The summed E-state index contributed by atoms with van der Waals surface area (Å²) >= 11 is 17.8. The van der Waals surface area contributed by atoms with Crippen LogP contribution in [0.5, 0.6) is 0 Å². The van der Waals surface area contributed by atoms with Gasteiger partial charge in [0, 0.05) is 17.3 Å². The van der Waals surface area contributed by atoms with Gasteiger partial charge in [-0.1, -0.05) is 71.2 Å². The lowest BCUT2D eigenvalue weighted by Gasteiger charge is -2.10. The predicted molar refractivity (Wildman–Crippen MR) is 91.2 cm³/mol. The van der Waals surface area contributed by atoms with E-state index in [1.54, 1.807) is 0 Å². The lowest BCUT2D eigenvalue weighted by Crippen LogP contribution is -2.14. The molecule has 0 spiro atoms. The quantitative estimate of drug-likeness (QED) is 0.667. The Kier molecular flexibility index (Phi) is 4.21. The number of pyridine rings is 1. The van der Waals surface area contributed by atoms with Gasteiger partial charge in [-0.15, -0.1) is 0 Å². The molecule has 1 heterocycles. The molecule has 0 aliphatic heterocycles. The van der Waals surface area contributed by atoms with Crippen molar-refractivity contribution in [3.8, 4) is 0 Å². The predicted octanol–water partition coefficient (Wildman–Crippen LogP) is 5.45. The van der Waals surface area contributed by atoms with Gasteiger partial charge in [-0.3, -0.25) is 4.79 Å². The van der Waals surface area contributed by atoms with Crippen LogP contribution in [-0.4, -0.2) is 10.9 Å². The van der Waals surface area contributed by atoms with Gasteiger partial charge in [-0.2, -0.15) is 0 Å². The molecule has 0 aliphatic rings. The Hall–Kier alpha value is -1.81. The zero-order valence-electron chi connectivity index (χ0n) is 11.1. The van der Waals surface area contributed by atoms with Crippen molar-refractivity contribution in [1.82, 2.24) is 4.98 Å². The maximum absolute atomic E-state index is 12.4. The maximum atomic E-state index is 12.4. The normalized spacial score (nSPS) is 10.7. The van der Waals surface area contributed by atoms with E-state index in [-0.39, 0.29) is 20.8 Å². The summed E-state index contributed by atoms with van der Waals surface area (Å²) in [5.41, 5.74) is 0.705. The van der Waals surface area contributed by atoms with Crippen LogP contribution in [0.1, 0.15) is 10.5 Å². The Morgan fingerprint density at radius 1 is 0.955 bits per heavy atom. The highest BCUT2D eigenvalue weighted by atomic mass is 35.5. The number of fused-ring (bicyclic) bond motifs is 1. The molecule has 3 aromatic rings. The van der Waals surface area contributed by atoms with E-state index in [0.29, 0.717) is 5.69 Å². The number of aromatic nitrogens is 1. The Labute approximate surface area is 141 Å². The number of carbonyl (C=O) groups is 1. The van der Waals surface area contributed by atoms with Gasteiger partial charge in [0.25, 0.3) is 5.91 Å². The van der Waals surface area contributed by atoms with Crippen molar-refractivity contribution in [3.63, 3.8) is 0 Å². The first-order valence-corrected chi connectivity index (χ1v) is 7.50. The molecule has 0 unspecified atom stereocenters. The minimum atomic E-state index is -0.445. The van der Waals surface area contributed by atoms with E-state index in [1.807, 2.05) is 42.5 Å². The molecule has 2 aromatic carbocycles. The van der Waals surface area contributed by atoms with Crippen molar-refractivity contribution in [3.05, 3.63) is 69.4 Å². The standard InChI is InChI=1S/C16H9Cl3N2O/c17-11-8-20-15(14(19)13(11)18)16(22)21-12-7-3-5-9-4-1-2-6-10(9)12/h1-8H,(H,21,22). The van der Waals surface area contributed by atoms with Gasteiger partial charge in [-0.25, -0.2) is 4.98 Å². The second-order valence-electron chi connectivity index (χ2n) is 4.56. The Balaban J connectivity index is 1.99. The monoisotopic (exact) mass is 350 g/mol. The van der Waals surface area contributed by atoms with Crippen LogP contribution in [0.2, 0.25) is 15.1 Å². The van der Waals surface area contributed by atoms with Gasteiger partial charge in [0.2, 0.25) is 0 Å². The lowest BCUT2D eigenvalue weighted by atomic mass is 10.1. The number of hydrogen-bond acceptors (Lipinski definition) is 2.